The van der Waals surface area contributed by atoms with Crippen molar-refractivity contribution in [2.45, 2.75) is 38.6 Å². The predicted octanol–water partition coefficient (Wildman–Crippen LogP) is 3.36. The number of ether oxygens (including phenoxy) is 1. The number of hydrogen-bond acceptors (Lipinski definition) is 3. The van der Waals surface area contributed by atoms with Crippen LogP contribution in [-0.4, -0.2) is 19.0 Å². The van der Waals surface area contributed by atoms with E-state index < -0.39 is 0 Å². The van der Waals surface area contributed by atoms with Gasteiger partial charge >= 0.3 is 5.97 Å². The predicted molar refractivity (Wildman–Crippen MR) is 81.2 cm³/mol. The van der Waals surface area contributed by atoms with Crippen molar-refractivity contribution in [3.8, 4) is 0 Å². The summed E-state index contributed by atoms with van der Waals surface area (Å²) in [7, 11) is 1.35. The van der Waals surface area contributed by atoms with Crippen molar-refractivity contribution in [3.63, 3.8) is 0 Å². The van der Waals surface area contributed by atoms with E-state index in [1.54, 1.807) is 0 Å². The average molecular weight is 342 g/mol. The van der Waals surface area contributed by atoms with Crippen molar-refractivity contribution in [2.24, 2.45) is 0 Å². The van der Waals surface area contributed by atoms with Gasteiger partial charge < -0.3 is 10.1 Å². The van der Waals surface area contributed by atoms with Gasteiger partial charge in [0.2, 0.25) is 5.91 Å². The molecule has 4 nitrogen and oxygen atoms in total. The van der Waals surface area contributed by atoms with Crippen molar-refractivity contribution < 1.29 is 14.3 Å². The molecule has 0 aliphatic carbocycles. The van der Waals surface area contributed by atoms with E-state index in [0.29, 0.717) is 6.42 Å². The van der Waals surface area contributed by atoms with Gasteiger partial charge in [-0.25, -0.2) is 0 Å². The summed E-state index contributed by atoms with van der Waals surface area (Å²) < 4.78 is 5.64. The number of unbranched alkanes of at least 4 members (excludes halogenated alkanes) is 1. The van der Waals surface area contributed by atoms with Crippen LogP contribution in [0.5, 0.6) is 0 Å². The molecular formula is C15H20BrNO3. The first-order valence-electron chi connectivity index (χ1n) is 6.68. The van der Waals surface area contributed by atoms with Crippen LogP contribution in [0.2, 0.25) is 0 Å². The Labute approximate surface area is 128 Å². The van der Waals surface area contributed by atoms with E-state index in [4.69, 9.17) is 0 Å². The maximum absolute atomic E-state index is 11.8. The van der Waals surface area contributed by atoms with Gasteiger partial charge in [-0.2, -0.15) is 0 Å². The third-order valence-corrected chi connectivity index (χ3v) is 3.49. The molecule has 0 fully saturated rings. The lowest BCUT2D eigenvalue weighted by molar-refractivity contribution is -0.141. The molecule has 1 atom stereocenters. The van der Waals surface area contributed by atoms with Gasteiger partial charge in [0.15, 0.2) is 0 Å². The van der Waals surface area contributed by atoms with E-state index in [1.807, 2.05) is 31.2 Å². The number of nitrogens with one attached hydrogen (secondary N) is 1. The Morgan fingerprint density at radius 3 is 2.50 bits per heavy atom. The molecule has 20 heavy (non-hydrogen) atoms. The van der Waals surface area contributed by atoms with Crippen LogP contribution in [-0.2, 0) is 14.3 Å². The maximum atomic E-state index is 11.8. The zero-order valence-corrected chi connectivity index (χ0v) is 13.4. The Morgan fingerprint density at radius 1 is 1.30 bits per heavy atom. The number of methoxy groups -OCH3 is 1. The third-order valence-electron chi connectivity index (χ3n) is 2.96. The van der Waals surface area contributed by atoms with Crippen LogP contribution in [0.3, 0.4) is 0 Å². The van der Waals surface area contributed by atoms with Crippen molar-refractivity contribution in [1.29, 1.82) is 0 Å². The number of carbonyl (C=O) groups is 2. The first-order chi connectivity index (χ1) is 9.56. The number of carbonyl (C=O) groups excluding carboxylic acids is 2. The minimum atomic E-state index is -0.347. The van der Waals surface area contributed by atoms with Crippen LogP contribution >= 0.6 is 15.9 Å². The van der Waals surface area contributed by atoms with Gasteiger partial charge in [-0.05, 0) is 24.1 Å². The summed E-state index contributed by atoms with van der Waals surface area (Å²) in [5.41, 5.74) is 0.892. The molecule has 1 aromatic carbocycles. The standard InChI is InChI=1S/C15H20BrNO3/c1-3-4-5-14(18)17-13(10-15(19)20-2)11-6-8-12(16)9-7-11/h6-9,13H,3-5,10H2,1-2H3,(H,17,18). The number of hydrogen-bond donors (Lipinski definition) is 1. The minimum absolute atomic E-state index is 0.0383. The van der Waals surface area contributed by atoms with E-state index in [1.165, 1.54) is 7.11 Å². The quantitative estimate of drug-likeness (QED) is 0.773. The van der Waals surface area contributed by atoms with Crippen LogP contribution in [0.4, 0.5) is 0 Å². The van der Waals surface area contributed by atoms with Gasteiger partial charge in [-0.15, -0.1) is 0 Å². The molecule has 1 rings (SSSR count). The van der Waals surface area contributed by atoms with Crippen LogP contribution < -0.4 is 5.32 Å². The molecule has 110 valence electrons. The number of halogens is 1. The zero-order valence-electron chi connectivity index (χ0n) is 11.8. The van der Waals surface area contributed by atoms with E-state index in [9.17, 15) is 9.59 Å². The molecule has 0 bridgehead atoms. The summed E-state index contributed by atoms with van der Waals surface area (Å²) in [5, 5.41) is 2.90. The highest BCUT2D eigenvalue weighted by Gasteiger charge is 2.18. The van der Waals surface area contributed by atoms with Crippen LogP contribution in [0, 0.1) is 0 Å². The average Bonchev–Trinajstić information content (AvgIpc) is 2.45. The molecular weight excluding hydrogens is 322 g/mol. The van der Waals surface area contributed by atoms with Crippen molar-refractivity contribution in [2.75, 3.05) is 7.11 Å². The van der Waals surface area contributed by atoms with Crippen LogP contribution in [0.1, 0.15) is 44.2 Å². The van der Waals surface area contributed by atoms with E-state index >= 15 is 0 Å². The fraction of sp³-hybridized carbons (Fsp3) is 0.467. The molecule has 0 aromatic heterocycles. The Morgan fingerprint density at radius 2 is 1.95 bits per heavy atom. The molecule has 1 aromatic rings. The first kappa shape index (κ1) is 16.7. The van der Waals surface area contributed by atoms with Gasteiger partial charge in [0.25, 0.3) is 0 Å². The topological polar surface area (TPSA) is 55.4 Å². The molecule has 0 radical (unpaired) electrons. The van der Waals surface area contributed by atoms with Crippen LogP contribution in [0.25, 0.3) is 0 Å². The molecule has 1 amide bonds. The summed E-state index contributed by atoms with van der Waals surface area (Å²) in [5.74, 6) is -0.377. The lowest BCUT2D eigenvalue weighted by Crippen LogP contribution is -2.30. The number of rotatable bonds is 7. The maximum Gasteiger partial charge on any atom is 0.307 e. The van der Waals surface area contributed by atoms with Gasteiger partial charge in [-0.1, -0.05) is 41.4 Å². The van der Waals surface area contributed by atoms with Crippen molar-refractivity contribution >= 4 is 27.8 Å². The minimum Gasteiger partial charge on any atom is -0.469 e. The van der Waals surface area contributed by atoms with Gasteiger partial charge in [-0.3, -0.25) is 9.59 Å². The number of benzene rings is 1. The van der Waals surface area contributed by atoms with E-state index in [0.717, 1.165) is 22.9 Å². The summed E-state index contributed by atoms with van der Waals surface area (Å²) in [6.45, 7) is 2.04. The van der Waals surface area contributed by atoms with E-state index in [2.05, 4.69) is 26.0 Å². The normalized spacial score (nSPS) is 11.8. The zero-order chi connectivity index (χ0) is 15.0. The largest absolute Gasteiger partial charge is 0.469 e. The Kier molecular flexibility index (Phi) is 7.30. The summed E-state index contributed by atoms with van der Waals surface area (Å²) in [6.07, 6.45) is 2.42. The Hall–Kier alpha value is -1.36. The fourth-order valence-corrected chi connectivity index (χ4v) is 2.07. The summed E-state index contributed by atoms with van der Waals surface area (Å²) >= 11 is 3.37. The molecule has 0 saturated carbocycles. The second-order valence-corrected chi connectivity index (χ2v) is 5.47. The lowest BCUT2D eigenvalue weighted by atomic mass is 10.0. The van der Waals surface area contributed by atoms with Crippen LogP contribution in [0.15, 0.2) is 28.7 Å². The van der Waals surface area contributed by atoms with Gasteiger partial charge in [0, 0.05) is 10.9 Å². The highest BCUT2D eigenvalue weighted by Crippen LogP contribution is 2.20. The summed E-state index contributed by atoms with van der Waals surface area (Å²) in [4.78, 5) is 23.3. The van der Waals surface area contributed by atoms with Crippen molar-refractivity contribution in [1.82, 2.24) is 5.32 Å². The second-order valence-electron chi connectivity index (χ2n) is 4.56. The van der Waals surface area contributed by atoms with Gasteiger partial charge in [0.05, 0.1) is 19.6 Å². The highest BCUT2D eigenvalue weighted by atomic mass is 79.9. The smallest absolute Gasteiger partial charge is 0.307 e. The number of amides is 1. The monoisotopic (exact) mass is 341 g/mol. The Bertz CT molecular complexity index is 445. The summed E-state index contributed by atoms with van der Waals surface area (Å²) in [6, 6.07) is 7.20. The molecule has 5 heteroatoms. The molecule has 0 aliphatic heterocycles. The molecule has 0 spiro atoms. The molecule has 1 unspecified atom stereocenters. The SMILES string of the molecule is CCCCC(=O)NC(CC(=O)OC)c1ccc(Br)cc1. The van der Waals surface area contributed by atoms with Gasteiger partial charge in [0.1, 0.15) is 0 Å². The van der Waals surface area contributed by atoms with Crippen molar-refractivity contribution in [3.05, 3.63) is 34.3 Å². The highest BCUT2D eigenvalue weighted by molar-refractivity contribution is 9.10. The molecule has 1 N–H and O–H groups in total. The Balaban J connectivity index is 2.76. The molecule has 0 heterocycles. The molecule has 0 saturated heterocycles. The van der Waals surface area contributed by atoms with E-state index in [-0.39, 0.29) is 24.3 Å². The number of esters is 1. The molecule has 0 aliphatic rings. The fourth-order valence-electron chi connectivity index (χ4n) is 1.80. The third kappa shape index (κ3) is 5.74. The first-order valence-corrected chi connectivity index (χ1v) is 7.47. The lowest BCUT2D eigenvalue weighted by Gasteiger charge is -2.18. The second kappa shape index (κ2) is 8.74.